The van der Waals surface area contributed by atoms with Crippen LogP contribution in [0.3, 0.4) is 0 Å². The summed E-state index contributed by atoms with van der Waals surface area (Å²) in [5.74, 6) is 5.45. The number of nitrogens with one attached hydrogen (secondary N) is 1. The van der Waals surface area contributed by atoms with E-state index in [1.165, 1.54) is 0 Å². The summed E-state index contributed by atoms with van der Waals surface area (Å²) < 4.78 is 0. The summed E-state index contributed by atoms with van der Waals surface area (Å²) in [5, 5.41) is 4.67. The van der Waals surface area contributed by atoms with E-state index < -0.39 is 0 Å². The normalized spacial score (nSPS) is 12.8. The molecule has 0 aromatic rings. The van der Waals surface area contributed by atoms with Gasteiger partial charge in [0.25, 0.3) is 0 Å². The van der Waals surface area contributed by atoms with Gasteiger partial charge in [-0.2, -0.15) is 0 Å². The zero-order chi connectivity index (χ0) is 6.78. The van der Waals surface area contributed by atoms with Crippen molar-refractivity contribution in [2.24, 2.45) is 5.84 Å². The highest BCUT2D eigenvalue weighted by atomic mass is 15.5. The largest absolute Gasteiger partial charge is 0.302 e. The first-order valence-electron chi connectivity index (χ1n) is 2.68. The molecule has 0 amide bonds. The summed E-state index contributed by atoms with van der Waals surface area (Å²) in [6.45, 7) is 4.01. The quantitative estimate of drug-likeness (QED) is 0.297. The molecule has 0 bridgehead atoms. The van der Waals surface area contributed by atoms with Gasteiger partial charge in [-0.3, -0.25) is 5.84 Å². The van der Waals surface area contributed by atoms with Crippen LogP contribution in [0.25, 0.3) is 0 Å². The number of nitrogens with two attached hydrogens (primary N) is 1. The van der Waals surface area contributed by atoms with Crippen LogP contribution in [-0.2, 0) is 0 Å². The standard InChI is InChI=1S/C5H15N3/c1-5(2,7-3)8(4)6/h7H,6H2,1-4H3. The Bertz CT molecular complexity index is 68.1. The summed E-state index contributed by atoms with van der Waals surface area (Å²) >= 11 is 0. The molecule has 0 rings (SSSR count). The second-order valence-corrected chi connectivity index (χ2v) is 2.42. The van der Waals surface area contributed by atoms with Gasteiger partial charge in [0.05, 0.1) is 5.66 Å². The van der Waals surface area contributed by atoms with E-state index in [9.17, 15) is 0 Å². The smallest absolute Gasteiger partial charge is 0.0780 e. The molecular weight excluding hydrogens is 102 g/mol. The first-order valence-corrected chi connectivity index (χ1v) is 2.68. The third-order valence-corrected chi connectivity index (χ3v) is 1.49. The van der Waals surface area contributed by atoms with E-state index in [1.54, 1.807) is 5.01 Å². The summed E-state index contributed by atoms with van der Waals surface area (Å²) in [7, 11) is 3.71. The highest BCUT2D eigenvalue weighted by Crippen LogP contribution is 1.99. The van der Waals surface area contributed by atoms with E-state index in [0.29, 0.717) is 0 Å². The lowest BCUT2D eigenvalue weighted by atomic mass is 10.2. The molecular formula is C5H15N3. The Morgan fingerprint density at radius 1 is 1.50 bits per heavy atom. The predicted molar refractivity (Wildman–Crippen MR) is 35.1 cm³/mol. The van der Waals surface area contributed by atoms with Crippen LogP contribution >= 0.6 is 0 Å². The molecule has 50 valence electrons. The first kappa shape index (κ1) is 7.88. The van der Waals surface area contributed by atoms with Crippen molar-refractivity contribution in [2.45, 2.75) is 19.5 Å². The van der Waals surface area contributed by atoms with Gasteiger partial charge in [-0.25, -0.2) is 5.01 Å². The molecule has 0 heterocycles. The highest BCUT2D eigenvalue weighted by molar-refractivity contribution is 4.68. The van der Waals surface area contributed by atoms with E-state index in [4.69, 9.17) is 5.84 Å². The zero-order valence-corrected chi connectivity index (χ0v) is 6.02. The Balaban J connectivity index is 3.71. The lowest BCUT2D eigenvalue weighted by Crippen LogP contribution is -2.54. The van der Waals surface area contributed by atoms with Crippen LogP contribution in [0.1, 0.15) is 13.8 Å². The summed E-state index contributed by atoms with van der Waals surface area (Å²) in [6, 6.07) is 0. The van der Waals surface area contributed by atoms with Crippen molar-refractivity contribution in [3.8, 4) is 0 Å². The van der Waals surface area contributed by atoms with Gasteiger partial charge in [-0.05, 0) is 20.9 Å². The summed E-state index contributed by atoms with van der Waals surface area (Å²) in [6.07, 6.45) is 0. The van der Waals surface area contributed by atoms with Crippen molar-refractivity contribution in [2.75, 3.05) is 14.1 Å². The number of hydrazine groups is 1. The van der Waals surface area contributed by atoms with Gasteiger partial charge in [0.15, 0.2) is 0 Å². The Morgan fingerprint density at radius 3 is 1.88 bits per heavy atom. The third-order valence-electron chi connectivity index (χ3n) is 1.49. The molecule has 0 saturated carbocycles. The maximum atomic E-state index is 5.45. The van der Waals surface area contributed by atoms with Crippen LogP contribution in [0.15, 0.2) is 0 Å². The number of hydrogen-bond donors (Lipinski definition) is 2. The van der Waals surface area contributed by atoms with Gasteiger partial charge >= 0.3 is 0 Å². The van der Waals surface area contributed by atoms with Crippen LogP contribution in [0.4, 0.5) is 0 Å². The Hall–Kier alpha value is -0.120. The molecule has 3 nitrogen and oxygen atoms in total. The monoisotopic (exact) mass is 117 g/mol. The van der Waals surface area contributed by atoms with Gasteiger partial charge in [-0.1, -0.05) is 0 Å². The van der Waals surface area contributed by atoms with Crippen LogP contribution < -0.4 is 11.2 Å². The minimum atomic E-state index is -0.0972. The average Bonchev–Trinajstić information content (AvgIpc) is 1.67. The average molecular weight is 117 g/mol. The lowest BCUT2D eigenvalue weighted by Gasteiger charge is -2.31. The molecule has 0 aliphatic rings. The second kappa shape index (κ2) is 2.44. The van der Waals surface area contributed by atoms with Crippen LogP contribution in [0.5, 0.6) is 0 Å². The summed E-state index contributed by atoms with van der Waals surface area (Å²) in [4.78, 5) is 0. The number of rotatable bonds is 2. The number of hydrogen-bond acceptors (Lipinski definition) is 3. The van der Waals surface area contributed by atoms with Gasteiger partial charge in [-0.15, -0.1) is 0 Å². The van der Waals surface area contributed by atoms with E-state index in [0.717, 1.165) is 0 Å². The predicted octanol–water partition coefficient (Wildman–Crippen LogP) is -0.253. The molecule has 0 saturated heterocycles. The molecule has 0 aliphatic carbocycles. The highest BCUT2D eigenvalue weighted by Gasteiger charge is 2.16. The Morgan fingerprint density at radius 2 is 1.88 bits per heavy atom. The minimum absolute atomic E-state index is 0.0972. The number of nitrogens with zero attached hydrogens (tertiary/aromatic N) is 1. The van der Waals surface area contributed by atoms with E-state index in [1.807, 2.05) is 27.9 Å². The first-order chi connectivity index (χ1) is 3.50. The fraction of sp³-hybridized carbons (Fsp3) is 1.00. The van der Waals surface area contributed by atoms with Crippen LogP contribution in [0, 0.1) is 0 Å². The topological polar surface area (TPSA) is 41.3 Å². The molecule has 0 fully saturated rings. The molecule has 8 heavy (non-hydrogen) atoms. The molecule has 3 N–H and O–H groups in total. The Labute approximate surface area is 50.8 Å². The van der Waals surface area contributed by atoms with Crippen LogP contribution in [-0.4, -0.2) is 24.8 Å². The van der Waals surface area contributed by atoms with Gasteiger partial charge in [0, 0.05) is 7.05 Å². The SMILES string of the molecule is CNC(C)(C)N(C)N. The van der Waals surface area contributed by atoms with E-state index >= 15 is 0 Å². The van der Waals surface area contributed by atoms with Crippen molar-refractivity contribution < 1.29 is 0 Å². The van der Waals surface area contributed by atoms with Crippen LogP contribution in [0.2, 0.25) is 0 Å². The molecule has 3 heteroatoms. The Kier molecular flexibility index (Phi) is 2.40. The zero-order valence-electron chi connectivity index (χ0n) is 6.02. The molecule has 0 radical (unpaired) electrons. The van der Waals surface area contributed by atoms with E-state index in [-0.39, 0.29) is 5.66 Å². The molecule has 0 unspecified atom stereocenters. The minimum Gasteiger partial charge on any atom is -0.302 e. The van der Waals surface area contributed by atoms with Crippen molar-refractivity contribution >= 4 is 0 Å². The van der Waals surface area contributed by atoms with Crippen molar-refractivity contribution in [1.29, 1.82) is 0 Å². The molecule has 0 aliphatic heterocycles. The van der Waals surface area contributed by atoms with Gasteiger partial charge in [0.2, 0.25) is 0 Å². The third kappa shape index (κ3) is 1.78. The second-order valence-electron chi connectivity index (χ2n) is 2.42. The van der Waals surface area contributed by atoms with E-state index in [2.05, 4.69) is 5.32 Å². The summed E-state index contributed by atoms with van der Waals surface area (Å²) in [5.41, 5.74) is -0.0972. The van der Waals surface area contributed by atoms with Crippen molar-refractivity contribution in [3.05, 3.63) is 0 Å². The van der Waals surface area contributed by atoms with Gasteiger partial charge < -0.3 is 5.32 Å². The molecule has 0 aromatic carbocycles. The van der Waals surface area contributed by atoms with Crippen molar-refractivity contribution in [1.82, 2.24) is 10.3 Å². The van der Waals surface area contributed by atoms with Gasteiger partial charge in [0.1, 0.15) is 0 Å². The fourth-order valence-corrected chi connectivity index (χ4v) is 0.176. The molecule has 0 aromatic heterocycles. The lowest BCUT2D eigenvalue weighted by molar-refractivity contribution is 0.129. The molecule has 0 spiro atoms. The maximum Gasteiger partial charge on any atom is 0.0780 e. The van der Waals surface area contributed by atoms with Crippen molar-refractivity contribution in [3.63, 3.8) is 0 Å². The maximum absolute atomic E-state index is 5.45. The fourth-order valence-electron chi connectivity index (χ4n) is 0.176. The molecule has 0 atom stereocenters.